The lowest BCUT2D eigenvalue weighted by atomic mass is 10.2. The largest absolute Gasteiger partial charge is 0.484 e. The van der Waals surface area contributed by atoms with E-state index in [1.54, 1.807) is 17.0 Å². The Morgan fingerprint density at radius 2 is 1.74 bits per heavy atom. The van der Waals surface area contributed by atoms with Gasteiger partial charge in [0.1, 0.15) is 11.0 Å². The van der Waals surface area contributed by atoms with Crippen molar-refractivity contribution >= 4 is 15.9 Å². The standard InChI is InChI=1S/C18H28N4O4S/c1-14-18(15(2)20-19-14)27(24,25)22-10-6-9-21(11-12-22)17(23)13-26-16-7-4-3-5-8-16/h3-5,7-8,14-15,18-20H,6,9-13H2,1-2H3. The molecular weight excluding hydrogens is 368 g/mol. The third-order valence-electron chi connectivity index (χ3n) is 5.14. The first-order valence-electron chi connectivity index (χ1n) is 9.35. The van der Waals surface area contributed by atoms with Crippen LogP contribution in [0.25, 0.3) is 0 Å². The van der Waals surface area contributed by atoms with Gasteiger partial charge in [-0.05, 0) is 32.4 Å². The fourth-order valence-electron chi connectivity index (χ4n) is 3.70. The third kappa shape index (κ3) is 4.60. The summed E-state index contributed by atoms with van der Waals surface area (Å²) < 4.78 is 33.2. The molecule has 8 nitrogen and oxygen atoms in total. The van der Waals surface area contributed by atoms with E-state index >= 15 is 0 Å². The zero-order chi connectivity index (χ0) is 19.4. The number of ether oxygens (including phenoxy) is 1. The van der Waals surface area contributed by atoms with Crippen LogP contribution in [0.5, 0.6) is 5.75 Å². The van der Waals surface area contributed by atoms with Crippen molar-refractivity contribution in [3.8, 4) is 5.75 Å². The second-order valence-electron chi connectivity index (χ2n) is 7.11. The van der Waals surface area contributed by atoms with E-state index in [1.807, 2.05) is 32.0 Å². The molecule has 27 heavy (non-hydrogen) atoms. The predicted molar refractivity (Wildman–Crippen MR) is 103 cm³/mol. The van der Waals surface area contributed by atoms with E-state index in [4.69, 9.17) is 4.74 Å². The number of nitrogens with one attached hydrogen (secondary N) is 2. The second-order valence-corrected chi connectivity index (χ2v) is 9.20. The minimum atomic E-state index is -3.45. The van der Waals surface area contributed by atoms with Crippen LogP contribution in [0.2, 0.25) is 0 Å². The van der Waals surface area contributed by atoms with Gasteiger partial charge < -0.3 is 9.64 Å². The summed E-state index contributed by atoms with van der Waals surface area (Å²) in [4.78, 5) is 14.1. The fourth-order valence-corrected chi connectivity index (χ4v) is 5.93. The topological polar surface area (TPSA) is 91.0 Å². The Balaban J connectivity index is 1.57. The minimum Gasteiger partial charge on any atom is -0.484 e. The number of sulfonamides is 1. The molecule has 0 radical (unpaired) electrons. The van der Waals surface area contributed by atoms with Crippen LogP contribution >= 0.6 is 0 Å². The highest BCUT2D eigenvalue weighted by Gasteiger charge is 2.43. The number of amides is 1. The molecule has 3 rings (SSSR count). The molecule has 0 aromatic heterocycles. The summed E-state index contributed by atoms with van der Waals surface area (Å²) in [6, 6.07) is 8.86. The number of carbonyl (C=O) groups excluding carboxylic acids is 1. The smallest absolute Gasteiger partial charge is 0.260 e. The summed E-state index contributed by atoms with van der Waals surface area (Å²) in [6.07, 6.45) is 0.618. The average Bonchev–Trinajstić information content (AvgIpc) is 2.86. The highest BCUT2D eigenvalue weighted by atomic mass is 32.2. The van der Waals surface area contributed by atoms with Gasteiger partial charge in [-0.1, -0.05) is 18.2 Å². The summed E-state index contributed by atoms with van der Waals surface area (Å²) in [5.74, 6) is 0.526. The number of hydrazine groups is 1. The molecule has 2 unspecified atom stereocenters. The quantitative estimate of drug-likeness (QED) is 0.738. The average molecular weight is 397 g/mol. The Hall–Kier alpha value is -1.68. The number of benzene rings is 1. The molecule has 0 aliphatic carbocycles. The van der Waals surface area contributed by atoms with Crippen LogP contribution in [-0.4, -0.2) is 73.6 Å². The van der Waals surface area contributed by atoms with E-state index in [-0.39, 0.29) is 24.6 Å². The van der Waals surface area contributed by atoms with E-state index in [9.17, 15) is 13.2 Å². The van der Waals surface area contributed by atoms with Crippen molar-refractivity contribution in [3.05, 3.63) is 30.3 Å². The Morgan fingerprint density at radius 1 is 1.07 bits per heavy atom. The van der Waals surface area contributed by atoms with Gasteiger partial charge in [0.05, 0.1) is 0 Å². The van der Waals surface area contributed by atoms with E-state index < -0.39 is 15.3 Å². The summed E-state index contributed by atoms with van der Waals surface area (Å²) in [6.45, 7) is 5.36. The first kappa shape index (κ1) is 20.1. The number of hydrogen-bond donors (Lipinski definition) is 2. The maximum absolute atomic E-state index is 13.1. The Morgan fingerprint density at radius 3 is 2.41 bits per heavy atom. The van der Waals surface area contributed by atoms with Crippen LogP contribution < -0.4 is 15.6 Å². The molecule has 0 spiro atoms. The van der Waals surface area contributed by atoms with E-state index in [0.717, 1.165) is 0 Å². The lowest BCUT2D eigenvalue weighted by Gasteiger charge is -2.27. The van der Waals surface area contributed by atoms with Crippen LogP contribution in [0, 0.1) is 0 Å². The van der Waals surface area contributed by atoms with Crippen LogP contribution in [0.3, 0.4) is 0 Å². The Kier molecular flexibility index (Phi) is 6.36. The molecule has 2 N–H and O–H groups in total. The second kappa shape index (κ2) is 8.55. The molecule has 150 valence electrons. The van der Waals surface area contributed by atoms with Crippen LogP contribution in [-0.2, 0) is 14.8 Å². The highest BCUT2D eigenvalue weighted by molar-refractivity contribution is 7.89. The molecule has 9 heteroatoms. The number of carbonyl (C=O) groups is 1. The van der Waals surface area contributed by atoms with Gasteiger partial charge in [-0.2, -0.15) is 4.31 Å². The van der Waals surface area contributed by atoms with Crippen molar-refractivity contribution in [2.24, 2.45) is 0 Å². The molecule has 0 saturated carbocycles. The van der Waals surface area contributed by atoms with Gasteiger partial charge in [0.25, 0.3) is 5.91 Å². The first-order valence-corrected chi connectivity index (χ1v) is 10.9. The predicted octanol–water partition coefficient (Wildman–Crippen LogP) is 0.183. The number of hydrogen-bond acceptors (Lipinski definition) is 6. The van der Waals surface area contributed by atoms with Gasteiger partial charge in [0, 0.05) is 38.3 Å². The number of para-hydroxylation sites is 1. The maximum Gasteiger partial charge on any atom is 0.260 e. The molecule has 2 aliphatic heterocycles. The van der Waals surface area contributed by atoms with Crippen molar-refractivity contribution in [2.75, 3.05) is 32.8 Å². The minimum absolute atomic E-state index is 0.0404. The monoisotopic (exact) mass is 396 g/mol. The van der Waals surface area contributed by atoms with Crippen molar-refractivity contribution in [3.63, 3.8) is 0 Å². The zero-order valence-electron chi connectivity index (χ0n) is 15.8. The van der Waals surface area contributed by atoms with Gasteiger partial charge in [0.15, 0.2) is 6.61 Å². The van der Waals surface area contributed by atoms with Crippen molar-refractivity contribution in [1.82, 2.24) is 20.1 Å². The van der Waals surface area contributed by atoms with Gasteiger partial charge in [0.2, 0.25) is 10.0 Å². The first-order chi connectivity index (χ1) is 12.9. The number of nitrogens with zero attached hydrogens (tertiary/aromatic N) is 2. The SMILES string of the molecule is CC1NNC(C)C1S(=O)(=O)N1CCCN(C(=O)COc2ccccc2)CC1. The highest BCUT2D eigenvalue weighted by Crippen LogP contribution is 2.21. The van der Waals surface area contributed by atoms with Crippen molar-refractivity contribution < 1.29 is 17.9 Å². The zero-order valence-corrected chi connectivity index (χ0v) is 16.6. The normalized spacial score (nSPS) is 27.3. The summed E-state index contributed by atoms with van der Waals surface area (Å²) >= 11 is 0. The van der Waals surface area contributed by atoms with Gasteiger partial charge >= 0.3 is 0 Å². The lowest BCUT2D eigenvalue weighted by Crippen LogP contribution is -2.48. The van der Waals surface area contributed by atoms with Crippen molar-refractivity contribution in [1.29, 1.82) is 0 Å². The Bertz CT molecular complexity index is 733. The molecule has 2 saturated heterocycles. The van der Waals surface area contributed by atoms with E-state index in [1.165, 1.54) is 4.31 Å². The number of rotatable bonds is 5. The van der Waals surface area contributed by atoms with Crippen molar-refractivity contribution in [2.45, 2.75) is 37.6 Å². The van der Waals surface area contributed by atoms with Crippen LogP contribution in [0.4, 0.5) is 0 Å². The maximum atomic E-state index is 13.1. The summed E-state index contributed by atoms with van der Waals surface area (Å²) in [7, 11) is -3.45. The van der Waals surface area contributed by atoms with E-state index in [0.29, 0.717) is 38.3 Å². The molecule has 0 bridgehead atoms. The molecule has 1 amide bonds. The fraction of sp³-hybridized carbons (Fsp3) is 0.611. The van der Waals surface area contributed by atoms with Crippen LogP contribution in [0.15, 0.2) is 30.3 Å². The van der Waals surface area contributed by atoms with Gasteiger partial charge in [-0.3, -0.25) is 15.6 Å². The summed E-state index contributed by atoms with van der Waals surface area (Å²) in [5, 5.41) is -0.513. The van der Waals surface area contributed by atoms with Crippen LogP contribution in [0.1, 0.15) is 20.3 Å². The molecule has 1 aromatic carbocycles. The van der Waals surface area contributed by atoms with Gasteiger partial charge in [-0.25, -0.2) is 8.42 Å². The molecular formula is C18H28N4O4S. The summed E-state index contributed by atoms with van der Waals surface area (Å²) in [5.41, 5.74) is 6.01. The molecule has 2 fully saturated rings. The molecule has 1 aromatic rings. The Labute approximate surface area is 160 Å². The molecule has 2 heterocycles. The molecule has 2 atom stereocenters. The third-order valence-corrected chi connectivity index (χ3v) is 7.73. The van der Waals surface area contributed by atoms with Gasteiger partial charge in [-0.15, -0.1) is 0 Å². The lowest BCUT2D eigenvalue weighted by molar-refractivity contribution is -0.133. The van der Waals surface area contributed by atoms with E-state index in [2.05, 4.69) is 10.9 Å². The molecule has 2 aliphatic rings.